The summed E-state index contributed by atoms with van der Waals surface area (Å²) in [5.41, 5.74) is 1.18. The average molecular weight is 327 g/mol. The van der Waals surface area contributed by atoms with Crippen LogP contribution in [-0.2, 0) is 6.54 Å². The topological polar surface area (TPSA) is 64.6 Å². The summed E-state index contributed by atoms with van der Waals surface area (Å²) in [7, 11) is 0. The van der Waals surface area contributed by atoms with E-state index in [4.69, 9.17) is 0 Å². The molecule has 2 amide bonds. The van der Waals surface area contributed by atoms with Crippen LogP contribution < -0.4 is 15.5 Å². The van der Waals surface area contributed by atoms with Crippen molar-refractivity contribution in [1.82, 2.24) is 10.6 Å². The van der Waals surface area contributed by atoms with Gasteiger partial charge in [-0.2, -0.15) is 0 Å². The highest BCUT2D eigenvalue weighted by atomic mass is 19.1. The molecule has 3 N–H and O–H groups in total. The van der Waals surface area contributed by atoms with Crippen molar-refractivity contribution in [3.05, 3.63) is 29.6 Å². The molecule has 0 radical (unpaired) electrons. The molecular formula is C16H23F2N3O2. The third-order valence-electron chi connectivity index (χ3n) is 3.87. The van der Waals surface area contributed by atoms with Gasteiger partial charge in [-0.1, -0.05) is 6.07 Å². The molecule has 0 saturated carbocycles. The molecule has 1 heterocycles. The van der Waals surface area contributed by atoms with Gasteiger partial charge in [0.2, 0.25) is 0 Å². The van der Waals surface area contributed by atoms with Gasteiger partial charge < -0.3 is 20.6 Å². The Balaban J connectivity index is 1.85. The number of piperidine rings is 1. The predicted octanol–water partition coefficient (Wildman–Crippen LogP) is 1.95. The Labute approximate surface area is 134 Å². The van der Waals surface area contributed by atoms with Gasteiger partial charge in [0.25, 0.3) is 0 Å². The summed E-state index contributed by atoms with van der Waals surface area (Å²) in [6.07, 6.45) is 1.26. The molecule has 1 saturated heterocycles. The van der Waals surface area contributed by atoms with Crippen LogP contribution in [0.5, 0.6) is 0 Å². The number of urea groups is 1. The number of aliphatic hydroxyl groups is 1. The first kappa shape index (κ1) is 17.5. The number of halogens is 2. The van der Waals surface area contributed by atoms with Crippen LogP contribution in [-0.4, -0.2) is 43.6 Å². The summed E-state index contributed by atoms with van der Waals surface area (Å²) in [5.74, 6) is -0.335. The lowest BCUT2D eigenvalue weighted by Crippen LogP contribution is -2.36. The summed E-state index contributed by atoms with van der Waals surface area (Å²) >= 11 is 0. The summed E-state index contributed by atoms with van der Waals surface area (Å²) in [6, 6.07) is 4.48. The van der Waals surface area contributed by atoms with Crippen molar-refractivity contribution in [2.24, 2.45) is 0 Å². The highest BCUT2D eigenvalue weighted by Gasteiger charge is 2.19. The maximum atomic E-state index is 14.2. The van der Waals surface area contributed by atoms with Crippen molar-refractivity contribution in [3.63, 3.8) is 0 Å². The first-order chi connectivity index (χ1) is 11.1. The number of amides is 2. The lowest BCUT2D eigenvalue weighted by molar-refractivity contribution is 0.145. The largest absolute Gasteiger partial charge is 0.393 e. The van der Waals surface area contributed by atoms with Gasteiger partial charge in [0.05, 0.1) is 18.5 Å². The fourth-order valence-corrected chi connectivity index (χ4v) is 2.54. The van der Waals surface area contributed by atoms with Crippen LogP contribution >= 0.6 is 0 Å². The summed E-state index contributed by atoms with van der Waals surface area (Å²) in [6.45, 7) is 1.27. The Kier molecular flexibility index (Phi) is 6.58. The highest BCUT2D eigenvalue weighted by molar-refractivity contribution is 5.73. The van der Waals surface area contributed by atoms with Crippen LogP contribution in [0, 0.1) is 5.82 Å². The minimum atomic E-state index is -0.472. The molecule has 7 heteroatoms. The Bertz CT molecular complexity index is 520. The molecule has 0 unspecified atom stereocenters. The Morgan fingerprint density at radius 2 is 2.04 bits per heavy atom. The Morgan fingerprint density at radius 3 is 2.70 bits per heavy atom. The molecule has 1 aliphatic rings. The van der Waals surface area contributed by atoms with Crippen LogP contribution in [0.25, 0.3) is 0 Å². The maximum Gasteiger partial charge on any atom is 0.315 e. The van der Waals surface area contributed by atoms with E-state index in [1.807, 2.05) is 4.90 Å². The van der Waals surface area contributed by atoms with Gasteiger partial charge in [0, 0.05) is 26.2 Å². The van der Waals surface area contributed by atoms with E-state index in [1.165, 1.54) is 6.07 Å². The van der Waals surface area contributed by atoms with Crippen molar-refractivity contribution in [2.75, 3.05) is 31.2 Å². The van der Waals surface area contributed by atoms with E-state index in [1.54, 1.807) is 12.1 Å². The molecule has 0 aromatic heterocycles. The number of aliphatic hydroxyl groups excluding tert-OH is 1. The number of hydrogen-bond acceptors (Lipinski definition) is 3. The monoisotopic (exact) mass is 327 g/mol. The van der Waals surface area contributed by atoms with E-state index in [2.05, 4.69) is 10.6 Å². The number of carbonyl (C=O) groups excluding carboxylic acids is 1. The van der Waals surface area contributed by atoms with Crippen molar-refractivity contribution in [3.8, 4) is 0 Å². The number of nitrogens with zero attached hydrogens (tertiary/aromatic N) is 1. The number of carbonyl (C=O) groups is 1. The second-order valence-electron chi connectivity index (χ2n) is 5.66. The molecule has 2 rings (SSSR count). The fraction of sp³-hybridized carbons (Fsp3) is 0.562. The zero-order chi connectivity index (χ0) is 16.7. The zero-order valence-corrected chi connectivity index (χ0v) is 13.0. The third-order valence-corrected chi connectivity index (χ3v) is 3.87. The normalized spacial score (nSPS) is 15.5. The molecule has 1 fully saturated rings. The highest BCUT2D eigenvalue weighted by Crippen LogP contribution is 2.24. The molecule has 1 aliphatic heterocycles. The first-order valence-electron chi connectivity index (χ1n) is 7.89. The molecule has 0 bridgehead atoms. The minimum Gasteiger partial charge on any atom is -0.393 e. The van der Waals surface area contributed by atoms with E-state index in [0.29, 0.717) is 37.2 Å². The summed E-state index contributed by atoms with van der Waals surface area (Å²) in [4.78, 5) is 13.4. The number of anilines is 1. The van der Waals surface area contributed by atoms with Crippen LogP contribution in [0.1, 0.15) is 24.8 Å². The minimum absolute atomic E-state index is 0.206. The first-order valence-corrected chi connectivity index (χ1v) is 7.89. The van der Waals surface area contributed by atoms with E-state index in [9.17, 15) is 18.7 Å². The smallest absolute Gasteiger partial charge is 0.315 e. The van der Waals surface area contributed by atoms with E-state index in [0.717, 1.165) is 0 Å². The number of benzene rings is 1. The molecule has 0 atom stereocenters. The molecule has 1 aromatic carbocycles. The van der Waals surface area contributed by atoms with Crippen LogP contribution in [0.3, 0.4) is 0 Å². The molecular weight excluding hydrogens is 304 g/mol. The van der Waals surface area contributed by atoms with Gasteiger partial charge >= 0.3 is 6.03 Å². The van der Waals surface area contributed by atoms with Crippen LogP contribution in [0.4, 0.5) is 19.3 Å². The van der Waals surface area contributed by atoms with E-state index < -0.39 is 12.7 Å². The molecule has 5 nitrogen and oxygen atoms in total. The SMILES string of the molecule is O=C(NCCCF)NCc1ccc(N2CCC(O)CC2)c(F)c1. The van der Waals surface area contributed by atoms with Crippen molar-refractivity contribution < 1.29 is 18.7 Å². The number of rotatable bonds is 6. The molecule has 0 spiro atoms. The number of hydrogen-bond donors (Lipinski definition) is 3. The second-order valence-corrected chi connectivity index (χ2v) is 5.66. The van der Waals surface area contributed by atoms with Crippen LogP contribution in [0.15, 0.2) is 18.2 Å². The van der Waals surface area contributed by atoms with Gasteiger partial charge in [-0.25, -0.2) is 9.18 Å². The quantitative estimate of drug-likeness (QED) is 0.700. The number of nitrogens with one attached hydrogen (secondary N) is 2. The van der Waals surface area contributed by atoms with Gasteiger partial charge in [0.15, 0.2) is 0 Å². The van der Waals surface area contributed by atoms with Crippen molar-refractivity contribution in [2.45, 2.75) is 31.9 Å². The fourth-order valence-electron chi connectivity index (χ4n) is 2.54. The van der Waals surface area contributed by atoms with Crippen LogP contribution in [0.2, 0.25) is 0 Å². The third kappa shape index (κ3) is 5.35. The molecule has 1 aromatic rings. The molecule has 128 valence electrons. The second kappa shape index (κ2) is 8.67. The van der Waals surface area contributed by atoms with Crippen molar-refractivity contribution in [1.29, 1.82) is 0 Å². The molecule has 23 heavy (non-hydrogen) atoms. The summed E-state index contributed by atoms with van der Waals surface area (Å²) < 4.78 is 26.2. The van der Waals surface area contributed by atoms with Gasteiger partial charge in [0.1, 0.15) is 5.82 Å². The predicted molar refractivity (Wildman–Crippen MR) is 84.7 cm³/mol. The lowest BCUT2D eigenvalue weighted by Gasteiger charge is -2.31. The van der Waals surface area contributed by atoms with Gasteiger partial charge in [-0.3, -0.25) is 4.39 Å². The number of alkyl halides is 1. The van der Waals surface area contributed by atoms with E-state index in [-0.39, 0.29) is 31.4 Å². The lowest BCUT2D eigenvalue weighted by atomic mass is 10.1. The van der Waals surface area contributed by atoms with Gasteiger partial charge in [-0.05, 0) is 37.0 Å². The Morgan fingerprint density at radius 1 is 1.30 bits per heavy atom. The molecule has 0 aliphatic carbocycles. The summed E-state index contributed by atoms with van der Waals surface area (Å²) in [5, 5.41) is 14.6. The van der Waals surface area contributed by atoms with E-state index >= 15 is 0 Å². The van der Waals surface area contributed by atoms with Gasteiger partial charge in [-0.15, -0.1) is 0 Å². The Hall–Kier alpha value is -1.89. The standard InChI is InChI=1S/C16H23F2N3O2/c17-6-1-7-19-16(23)20-11-12-2-3-15(14(18)10-12)21-8-4-13(22)5-9-21/h2-3,10,13,22H,1,4-9,11H2,(H2,19,20,23). The van der Waals surface area contributed by atoms with Crippen molar-refractivity contribution >= 4 is 11.7 Å². The average Bonchev–Trinajstić information content (AvgIpc) is 2.54. The maximum absolute atomic E-state index is 14.2. The zero-order valence-electron chi connectivity index (χ0n) is 13.0.